The Morgan fingerprint density at radius 2 is 2.00 bits per heavy atom. The van der Waals surface area contributed by atoms with Crippen LogP contribution >= 0.6 is 12.4 Å². The highest BCUT2D eigenvalue weighted by Gasteiger charge is 2.14. The molecule has 2 rings (SSSR count). The number of nitrogen functional groups attached to an aromatic ring is 1. The third-order valence-corrected chi connectivity index (χ3v) is 1.65. The van der Waals surface area contributed by atoms with E-state index >= 15 is 0 Å². The van der Waals surface area contributed by atoms with Crippen LogP contribution in [0.2, 0.25) is 0 Å². The van der Waals surface area contributed by atoms with E-state index in [1.54, 1.807) is 6.07 Å². The molecule has 0 atom stereocenters. The maximum absolute atomic E-state index is 12.3. The predicted octanol–water partition coefficient (Wildman–Crippen LogP) is 1.67. The summed E-state index contributed by atoms with van der Waals surface area (Å²) in [5.74, 6) is -0.387. The van der Waals surface area contributed by atoms with E-state index in [4.69, 9.17) is 5.73 Å². The van der Waals surface area contributed by atoms with Gasteiger partial charge in [-0.05, 0) is 12.1 Å². The average molecular weight is 221 g/mol. The van der Waals surface area contributed by atoms with E-state index in [-0.39, 0.29) is 18.2 Å². The summed E-state index contributed by atoms with van der Waals surface area (Å²) in [4.78, 5) is 0. The zero-order chi connectivity index (χ0) is 9.42. The van der Waals surface area contributed by atoms with Gasteiger partial charge in [0.05, 0.1) is 0 Å². The molecule has 4 nitrogen and oxygen atoms in total. The van der Waals surface area contributed by atoms with Crippen molar-refractivity contribution in [2.75, 3.05) is 5.73 Å². The summed E-state index contributed by atoms with van der Waals surface area (Å²) in [5, 5.41) is 6.90. The maximum Gasteiger partial charge on any atom is 0.297 e. The van der Waals surface area contributed by atoms with Gasteiger partial charge in [0, 0.05) is 11.9 Å². The first-order valence-electron chi connectivity index (χ1n) is 3.57. The van der Waals surface area contributed by atoms with Crippen molar-refractivity contribution in [3.8, 4) is 0 Å². The van der Waals surface area contributed by atoms with Crippen LogP contribution < -0.4 is 5.73 Å². The third kappa shape index (κ3) is 1.60. The summed E-state index contributed by atoms with van der Waals surface area (Å²) in [6, 6.07) is 3.12. The second-order valence-electron chi connectivity index (χ2n) is 2.55. The molecule has 0 aliphatic rings. The van der Waals surface area contributed by atoms with Gasteiger partial charge in [-0.3, -0.25) is 4.40 Å². The van der Waals surface area contributed by atoms with Crippen LogP contribution in [-0.2, 0) is 0 Å². The van der Waals surface area contributed by atoms with Crippen molar-refractivity contribution in [3.05, 3.63) is 24.2 Å². The van der Waals surface area contributed by atoms with Gasteiger partial charge in [-0.1, -0.05) is 0 Å². The number of halogens is 3. The van der Waals surface area contributed by atoms with Gasteiger partial charge in [-0.2, -0.15) is 0 Å². The topological polar surface area (TPSA) is 56.2 Å². The van der Waals surface area contributed by atoms with Crippen molar-refractivity contribution < 1.29 is 8.78 Å². The maximum atomic E-state index is 12.3. The van der Waals surface area contributed by atoms with E-state index in [1.165, 1.54) is 16.7 Å². The lowest BCUT2D eigenvalue weighted by atomic mass is 10.4. The minimum atomic E-state index is -2.64. The monoisotopic (exact) mass is 220 g/mol. The molecular formula is C7H7ClF2N4. The number of nitrogens with zero attached hydrogens (tertiary/aromatic N) is 3. The molecule has 0 aliphatic carbocycles. The van der Waals surface area contributed by atoms with Gasteiger partial charge in [-0.25, -0.2) is 8.78 Å². The fourth-order valence-corrected chi connectivity index (χ4v) is 1.07. The Hall–Kier alpha value is -1.43. The largest absolute Gasteiger partial charge is 0.398 e. The Labute approximate surface area is 84.1 Å². The normalized spacial score (nSPS) is 10.5. The van der Waals surface area contributed by atoms with Crippen LogP contribution in [-0.4, -0.2) is 14.6 Å². The molecule has 0 spiro atoms. The van der Waals surface area contributed by atoms with Crippen molar-refractivity contribution in [1.29, 1.82) is 0 Å². The van der Waals surface area contributed by atoms with E-state index in [9.17, 15) is 8.78 Å². The highest BCUT2D eigenvalue weighted by molar-refractivity contribution is 5.85. The molecule has 2 aromatic rings. The lowest BCUT2D eigenvalue weighted by Gasteiger charge is -1.98. The molecule has 0 aromatic carbocycles. The zero-order valence-electron chi connectivity index (χ0n) is 6.89. The molecule has 0 fully saturated rings. The summed E-state index contributed by atoms with van der Waals surface area (Å²) < 4.78 is 25.8. The molecule has 0 radical (unpaired) electrons. The van der Waals surface area contributed by atoms with Gasteiger partial charge in [-0.15, -0.1) is 22.6 Å². The first kappa shape index (κ1) is 10.6. The fraction of sp³-hybridized carbons (Fsp3) is 0.143. The molecule has 0 aliphatic heterocycles. The van der Waals surface area contributed by atoms with E-state index < -0.39 is 6.43 Å². The van der Waals surface area contributed by atoms with Crippen LogP contribution in [0.3, 0.4) is 0 Å². The van der Waals surface area contributed by atoms with Crippen molar-refractivity contribution in [1.82, 2.24) is 14.6 Å². The SMILES string of the molecule is Cl.Nc1ccc2nnc(C(F)F)n2c1. The Morgan fingerprint density at radius 1 is 1.29 bits per heavy atom. The van der Waals surface area contributed by atoms with Gasteiger partial charge < -0.3 is 5.73 Å². The minimum absolute atomic E-state index is 0. The number of pyridine rings is 1. The molecule has 0 saturated carbocycles. The fourth-order valence-electron chi connectivity index (χ4n) is 1.07. The van der Waals surface area contributed by atoms with Crippen molar-refractivity contribution in [3.63, 3.8) is 0 Å². The first-order valence-corrected chi connectivity index (χ1v) is 3.57. The van der Waals surface area contributed by atoms with Crippen molar-refractivity contribution in [2.24, 2.45) is 0 Å². The quantitative estimate of drug-likeness (QED) is 0.795. The van der Waals surface area contributed by atoms with Crippen LogP contribution in [0, 0.1) is 0 Å². The third-order valence-electron chi connectivity index (χ3n) is 1.65. The van der Waals surface area contributed by atoms with Crippen molar-refractivity contribution in [2.45, 2.75) is 6.43 Å². The Morgan fingerprint density at radius 3 is 2.64 bits per heavy atom. The molecule has 14 heavy (non-hydrogen) atoms. The second kappa shape index (κ2) is 3.75. The van der Waals surface area contributed by atoms with Gasteiger partial charge in [0.1, 0.15) is 0 Å². The molecule has 2 N–H and O–H groups in total. The molecule has 0 saturated heterocycles. The molecule has 0 amide bonds. The summed E-state index contributed by atoms with van der Waals surface area (Å²) >= 11 is 0. The lowest BCUT2D eigenvalue weighted by molar-refractivity contribution is 0.139. The van der Waals surface area contributed by atoms with Crippen LogP contribution in [0.5, 0.6) is 0 Å². The van der Waals surface area contributed by atoms with Gasteiger partial charge in [0.25, 0.3) is 6.43 Å². The molecule has 76 valence electrons. The molecule has 2 heterocycles. The molecule has 7 heteroatoms. The molecular weight excluding hydrogens is 214 g/mol. The number of hydrogen-bond acceptors (Lipinski definition) is 3. The van der Waals surface area contributed by atoms with Crippen LogP contribution in [0.25, 0.3) is 5.65 Å². The summed E-state index contributed by atoms with van der Waals surface area (Å²) in [6.45, 7) is 0. The van der Waals surface area contributed by atoms with E-state index in [0.717, 1.165) is 0 Å². The van der Waals surface area contributed by atoms with Gasteiger partial charge in [0.2, 0.25) is 5.82 Å². The summed E-state index contributed by atoms with van der Waals surface area (Å²) in [5.41, 5.74) is 6.19. The van der Waals surface area contributed by atoms with Crippen LogP contribution in [0.1, 0.15) is 12.2 Å². The summed E-state index contributed by atoms with van der Waals surface area (Å²) in [6.07, 6.45) is -1.27. The molecule has 0 bridgehead atoms. The highest BCUT2D eigenvalue weighted by Crippen LogP contribution is 2.18. The standard InChI is InChI=1S/C7H6F2N4.ClH/c8-6(9)7-12-11-5-2-1-4(10)3-13(5)7;/h1-3,6H,10H2;1H. The molecule has 2 aromatic heterocycles. The Kier molecular flexibility index (Phi) is 2.85. The predicted molar refractivity (Wildman–Crippen MR) is 49.6 cm³/mol. The van der Waals surface area contributed by atoms with Crippen LogP contribution in [0.4, 0.5) is 14.5 Å². The number of fused-ring (bicyclic) bond motifs is 1. The van der Waals surface area contributed by atoms with E-state index in [0.29, 0.717) is 11.3 Å². The number of nitrogens with two attached hydrogens (primary N) is 1. The van der Waals surface area contributed by atoms with Crippen LogP contribution in [0.15, 0.2) is 18.3 Å². The van der Waals surface area contributed by atoms with Gasteiger partial charge >= 0.3 is 0 Å². The minimum Gasteiger partial charge on any atom is -0.398 e. The first-order chi connectivity index (χ1) is 6.18. The number of aromatic nitrogens is 3. The number of rotatable bonds is 1. The van der Waals surface area contributed by atoms with Crippen molar-refractivity contribution >= 4 is 23.7 Å². The number of hydrogen-bond donors (Lipinski definition) is 1. The zero-order valence-corrected chi connectivity index (χ0v) is 7.71. The van der Waals surface area contributed by atoms with E-state index in [2.05, 4.69) is 10.2 Å². The van der Waals surface area contributed by atoms with E-state index in [1.807, 2.05) is 0 Å². The second-order valence-corrected chi connectivity index (χ2v) is 2.55. The number of anilines is 1. The highest BCUT2D eigenvalue weighted by atomic mass is 35.5. The lowest BCUT2D eigenvalue weighted by Crippen LogP contribution is -1.96. The molecule has 0 unspecified atom stereocenters. The Balaban J connectivity index is 0.000000980. The average Bonchev–Trinajstić information content (AvgIpc) is 2.46. The Bertz CT molecular complexity index is 442. The number of alkyl halides is 2. The summed E-state index contributed by atoms with van der Waals surface area (Å²) in [7, 11) is 0. The van der Waals surface area contributed by atoms with Gasteiger partial charge in [0.15, 0.2) is 5.65 Å². The smallest absolute Gasteiger partial charge is 0.297 e.